The number of nitrogens with zero attached hydrogens (tertiary/aromatic N) is 2. The van der Waals surface area contributed by atoms with E-state index in [1.165, 1.54) is 25.0 Å². The molecule has 1 aliphatic heterocycles. The topological polar surface area (TPSA) is 46.5 Å². The van der Waals surface area contributed by atoms with Crippen LogP contribution in [0, 0.1) is 5.82 Å². The Hall–Kier alpha value is -3.64. The van der Waals surface area contributed by atoms with Gasteiger partial charge in [0.1, 0.15) is 11.6 Å². The number of para-hydroxylation sites is 1. The van der Waals surface area contributed by atoms with E-state index < -0.39 is 0 Å². The van der Waals surface area contributed by atoms with Gasteiger partial charge >= 0.3 is 0 Å². The van der Waals surface area contributed by atoms with Gasteiger partial charge in [-0.25, -0.2) is 4.39 Å². The molecule has 1 aliphatic rings. The summed E-state index contributed by atoms with van der Waals surface area (Å²) in [5.74, 6) is 0.525. The van der Waals surface area contributed by atoms with Crippen molar-refractivity contribution in [1.82, 2.24) is 14.8 Å². The van der Waals surface area contributed by atoms with Crippen molar-refractivity contribution < 1.29 is 13.9 Å². The predicted molar refractivity (Wildman–Crippen MR) is 150 cm³/mol. The molecule has 0 radical (unpaired) electrons. The fourth-order valence-corrected chi connectivity index (χ4v) is 5.46. The summed E-state index contributed by atoms with van der Waals surface area (Å²) in [7, 11) is 0. The van der Waals surface area contributed by atoms with E-state index in [0.717, 1.165) is 53.0 Å². The number of carbonyl (C=O) groups is 1. The fraction of sp³-hybridized carbons (Fsp3) is 0.344. The Kier molecular flexibility index (Phi) is 8.39. The van der Waals surface area contributed by atoms with Gasteiger partial charge in [0.15, 0.2) is 0 Å². The van der Waals surface area contributed by atoms with Crippen molar-refractivity contribution in [2.45, 2.75) is 38.6 Å². The molecule has 0 spiro atoms. The number of carbonyl (C=O) groups excluding carboxylic acids is 1. The van der Waals surface area contributed by atoms with Crippen molar-refractivity contribution in [3.05, 3.63) is 102 Å². The number of fused-ring (bicyclic) bond motifs is 1. The van der Waals surface area contributed by atoms with Gasteiger partial charge in [-0.15, -0.1) is 0 Å². The van der Waals surface area contributed by atoms with Gasteiger partial charge in [0, 0.05) is 49.1 Å². The lowest BCUT2D eigenvalue weighted by atomic mass is 9.88. The molecule has 1 saturated heterocycles. The highest BCUT2D eigenvalue weighted by atomic mass is 19.1. The number of hydrogen-bond acceptors (Lipinski definition) is 3. The smallest absolute Gasteiger partial charge is 0.220 e. The Labute approximate surface area is 224 Å². The zero-order valence-corrected chi connectivity index (χ0v) is 22.0. The minimum absolute atomic E-state index is 0.0541. The summed E-state index contributed by atoms with van der Waals surface area (Å²) in [5, 5.41) is 4.29. The van der Waals surface area contributed by atoms with Crippen LogP contribution in [0.1, 0.15) is 48.8 Å². The Morgan fingerprint density at radius 3 is 2.47 bits per heavy atom. The lowest BCUT2D eigenvalue weighted by Gasteiger charge is -2.19. The van der Waals surface area contributed by atoms with Gasteiger partial charge in [0.05, 0.1) is 6.61 Å². The minimum Gasteiger partial charge on any atom is -0.494 e. The molecule has 0 saturated carbocycles. The Balaban J connectivity index is 1.44. The summed E-state index contributed by atoms with van der Waals surface area (Å²) in [6.45, 7) is 7.02. The molecule has 1 N–H and O–H groups in total. The van der Waals surface area contributed by atoms with Gasteiger partial charge in [-0.05, 0) is 79.9 Å². The molecule has 38 heavy (non-hydrogen) atoms. The molecule has 2 heterocycles. The van der Waals surface area contributed by atoms with E-state index in [1.807, 2.05) is 43.3 Å². The molecule has 5 rings (SSSR count). The molecule has 4 aromatic rings. The van der Waals surface area contributed by atoms with E-state index in [9.17, 15) is 9.18 Å². The second-order valence-corrected chi connectivity index (χ2v) is 10.0. The highest BCUT2D eigenvalue weighted by Crippen LogP contribution is 2.36. The van der Waals surface area contributed by atoms with E-state index in [1.54, 1.807) is 0 Å². The van der Waals surface area contributed by atoms with Crippen LogP contribution >= 0.6 is 0 Å². The largest absolute Gasteiger partial charge is 0.494 e. The third kappa shape index (κ3) is 6.25. The molecule has 198 valence electrons. The molecular weight excluding hydrogens is 477 g/mol. The molecule has 1 amide bonds. The van der Waals surface area contributed by atoms with Crippen LogP contribution in [-0.4, -0.2) is 48.2 Å². The minimum atomic E-state index is -0.238. The van der Waals surface area contributed by atoms with Crippen LogP contribution in [0.15, 0.2) is 79.0 Å². The highest BCUT2D eigenvalue weighted by Gasteiger charge is 2.23. The van der Waals surface area contributed by atoms with Crippen molar-refractivity contribution in [3.63, 3.8) is 0 Å². The lowest BCUT2D eigenvalue weighted by molar-refractivity contribution is -0.121. The number of hydrogen-bond donors (Lipinski definition) is 1. The Morgan fingerprint density at radius 1 is 1.00 bits per heavy atom. The van der Waals surface area contributed by atoms with Crippen LogP contribution in [0.25, 0.3) is 10.9 Å². The van der Waals surface area contributed by atoms with E-state index >= 15 is 0 Å². The van der Waals surface area contributed by atoms with E-state index in [0.29, 0.717) is 26.1 Å². The monoisotopic (exact) mass is 513 g/mol. The van der Waals surface area contributed by atoms with Crippen LogP contribution in [-0.2, 0) is 11.3 Å². The number of nitrogens with one attached hydrogen (secondary N) is 1. The summed E-state index contributed by atoms with van der Waals surface area (Å²) in [4.78, 5) is 15.6. The molecule has 6 heteroatoms. The Morgan fingerprint density at radius 2 is 1.74 bits per heavy atom. The Bertz CT molecular complexity index is 1340. The molecule has 5 nitrogen and oxygen atoms in total. The summed E-state index contributed by atoms with van der Waals surface area (Å²) in [6, 6.07) is 23.0. The van der Waals surface area contributed by atoms with Crippen molar-refractivity contribution in [2.24, 2.45) is 0 Å². The van der Waals surface area contributed by atoms with Gasteiger partial charge in [0.2, 0.25) is 5.91 Å². The number of benzene rings is 3. The summed E-state index contributed by atoms with van der Waals surface area (Å²) >= 11 is 0. The quantitative estimate of drug-likeness (QED) is 0.269. The average Bonchev–Trinajstić information content (AvgIpc) is 3.58. The fourth-order valence-electron chi connectivity index (χ4n) is 5.46. The summed E-state index contributed by atoms with van der Waals surface area (Å²) in [5.41, 5.74) is 4.31. The van der Waals surface area contributed by atoms with Gasteiger partial charge in [-0.2, -0.15) is 0 Å². The molecule has 1 fully saturated rings. The third-order valence-electron chi connectivity index (χ3n) is 7.39. The number of ether oxygens (including phenoxy) is 1. The van der Waals surface area contributed by atoms with E-state index in [4.69, 9.17) is 4.74 Å². The first-order valence-electron chi connectivity index (χ1n) is 13.6. The lowest BCUT2D eigenvalue weighted by Crippen LogP contribution is -2.34. The summed E-state index contributed by atoms with van der Waals surface area (Å²) < 4.78 is 21.4. The molecule has 1 aromatic heterocycles. The first-order chi connectivity index (χ1) is 18.6. The standard InChI is InChI=1S/C32H36FN3O2/c1-2-38-27-15-11-25(12-16-27)29(21-32(37)34-17-20-35-18-5-6-19-35)30-23-36(31-8-4-3-7-28(30)31)22-24-9-13-26(33)14-10-24/h3-4,7-16,23,29H,2,5-6,17-22H2,1H3,(H,34,37). The third-order valence-corrected chi connectivity index (χ3v) is 7.39. The van der Waals surface area contributed by atoms with Crippen LogP contribution < -0.4 is 10.1 Å². The SMILES string of the molecule is CCOc1ccc(C(CC(=O)NCCN2CCCC2)c2cn(Cc3ccc(F)cc3)c3ccccc23)cc1. The number of halogens is 1. The van der Waals surface area contributed by atoms with E-state index in [2.05, 4.69) is 45.2 Å². The molecule has 1 unspecified atom stereocenters. The molecular formula is C32H36FN3O2. The maximum absolute atomic E-state index is 13.5. The predicted octanol–water partition coefficient (Wildman–Crippen LogP) is 5.96. The maximum Gasteiger partial charge on any atom is 0.220 e. The summed E-state index contributed by atoms with van der Waals surface area (Å²) in [6.07, 6.45) is 5.01. The van der Waals surface area contributed by atoms with Gasteiger partial charge in [-0.1, -0.05) is 42.5 Å². The number of rotatable bonds is 11. The maximum atomic E-state index is 13.5. The van der Waals surface area contributed by atoms with Gasteiger partial charge in [-0.3, -0.25) is 4.79 Å². The van der Waals surface area contributed by atoms with Crippen LogP contribution in [0.4, 0.5) is 4.39 Å². The van der Waals surface area contributed by atoms with Gasteiger partial charge in [0.25, 0.3) is 0 Å². The first-order valence-corrected chi connectivity index (χ1v) is 13.6. The van der Waals surface area contributed by atoms with Gasteiger partial charge < -0.3 is 19.5 Å². The second kappa shape index (κ2) is 12.3. The first kappa shape index (κ1) is 26.0. The van der Waals surface area contributed by atoms with Crippen LogP contribution in [0.2, 0.25) is 0 Å². The second-order valence-electron chi connectivity index (χ2n) is 10.0. The average molecular weight is 514 g/mol. The number of amides is 1. The normalized spacial score (nSPS) is 14.6. The molecule has 0 bridgehead atoms. The molecule has 0 aliphatic carbocycles. The van der Waals surface area contributed by atoms with Crippen LogP contribution in [0.5, 0.6) is 5.75 Å². The van der Waals surface area contributed by atoms with Crippen molar-refractivity contribution >= 4 is 16.8 Å². The molecule has 1 atom stereocenters. The highest BCUT2D eigenvalue weighted by molar-refractivity contribution is 5.86. The zero-order valence-electron chi connectivity index (χ0n) is 22.0. The van der Waals surface area contributed by atoms with Crippen molar-refractivity contribution in [3.8, 4) is 5.75 Å². The number of aromatic nitrogens is 1. The zero-order chi connectivity index (χ0) is 26.3. The van der Waals surface area contributed by atoms with Crippen molar-refractivity contribution in [1.29, 1.82) is 0 Å². The molecule has 3 aromatic carbocycles. The van der Waals surface area contributed by atoms with E-state index in [-0.39, 0.29) is 17.6 Å². The van der Waals surface area contributed by atoms with Crippen molar-refractivity contribution in [2.75, 3.05) is 32.8 Å². The number of likely N-dealkylation sites (tertiary alicyclic amines) is 1. The van der Waals surface area contributed by atoms with Crippen LogP contribution in [0.3, 0.4) is 0 Å².